The summed E-state index contributed by atoms with van der Waals surface area (Å²) < 4.78 is 0. The number of pyridine rings is 1. The summed E-state index contributed by atoms with van der Waals surface area (Å²) >= 11 is 0. The Labute approximate surface area is 209 Å². The van der Waals surface area contributed by atoms with Gasteiger partial charge in [-0.3, -0.25) is 19.4 Å². The van der Waals surface area contributed by atoms with Gasteiger partial charge >= 0.3 is 5.97 Å². The number of carboxylic acids is 1. The second kappa shape index (κ2) is 11.4. The molecule has 0 spiro atoms. The molecule has 2 amide bonds. The van der Waals surface area contributed by atoms with E-state index in [1.165, 1.54) is 6.20 Å². The van der Waals surface area contributed by atoms with Crippen molar-refractivity contribution in [3.8, 4) is 0 Å². The van der Waals surface area contributed by atoms with E-state index in [9.17, 15) is 19.5 Å². The van der Waals surface area contributed by atoms with E-state index in [1.54, 1.807) is 36.5 Å². The Hall–Kier alpha value is -4.40. The predicted octanol–water partition coefficient (Wildman–Crippen LogP) is 2.50. The highest BCUT2D eigenvalue weighted by Gasteiger charge is 2.24. The number of anilines is 2. The van der Waals surface area contributed by atoms with E-state index in [0.29, 0.717) is 49.4 Å². The molecule has 2 heterocycles. The lowest BCUT2D eigenvalue weighted by Gasteiger charge is -2.36. The Balaban J connectivity index is 1.37. The molecule has 186 valence electrons. The number of benzene rings is 2. The molecule has 1 saturated heterocycles. The maximum absolute atomic E-state index is 12.9. The van der Waals surface area contributed by atoms with Crippen molar-refractivity contribution in [3.05, 3.63) is 89.7 Å². The van der Waals surface area contributed by atoms with E-state index in [2.05, 4.69) is 15.2 Å². The van der Waals surface area contributed by atoms with Crippen molar-refractivity contribution in [2.75, 3.05) is 36.8 Å². The van der Waals surface area contributed by atoms with Gasteiger partial charge in [0, 0.05) is 44.1 Å². The monoisotopic (exact) mass is 487 g/mol. The standard InChI is InChI=1S/C27H29N5O4/c28-22-16-20(27(36)30-23(17-26(34)35)21-7-4-10-29-18-21)8-9-24(22)31-11-13-32(14-12-31)25(33)15-19-5-2-1-3-6-19/h1-10,16,18,23H,11-15,17,28H2,(H,30,36)(H,34,35). The Bertz CT molecular complexity index is 1210. The lowest BCUT2D eigenvalue weighted by atomic mass is 10.0. The molecule has 9 nitrogen and oxygen atoms in total. The normalized spacial score (nSPS) is 14.2. The number of aromatic nitrogens is 1. The number of nitrogen functional groups attached to an aromatic ring is 1. The summed E-state index contributed by atoms with van der Waals surface area (Å²) in [5.41, 5.74) is 9.50. The first-order valence-electron chi connectivity index (χ1n) is 11.8. The van der Waals surface area contributed by atoms with Gasteiger partial charge in [-0.25, -0.2) is 0 Å². The second-order valence-electron chi connectivity index (χ2n) is 8.71. The first kappa shape index (κ1) is 24.7. The van der Waals surface area contributed by atoms with E-state index in [1.807, 2.05) is 35.2 Å². The fourth-order valence-corrected chi connectivity index (χ4v) is 4.31. The average Bonchev–Trinajstić information content (AvgIpc) is 2.89. The maximum atomic E-state index is 12.9. The van der Waals surface area contributed by atoms with Gasteiger partial charge in [0.25, 0.3) is 5.91 Å². The number of carbonyl (C=O) groups is 3. The van der Waals surface area contributed by atoms with E-state index in [0.717, 1.165) is 11.3 Å². The van der Waals surface area contributed by atoms with Crippen molar-refractivity contribution in [2.45, 2.75) is 18.9 Å². The largest absolute Gasteiger partial charge is 0.481 e. The molecule has 1 atom stereocenters. The third-order valence-corrected chi connectivity index (χ3v) is 6.23. The second-order valence-corrected chi connectivity index (χ2v) is 8.71. The summed E-state index contributed by atoms with van der Waals surface area (Å²) in [6.07, 6.45) is 3.24. The van der Waals surface area contributed by atoms with Crippen LogP contribution in [-0.2, 0) is 16.0 Å². The Morgan fingerprint density at radius 1 is 1.00 bits per heavy atom. The molecular formula is C27H29N5O4. The summed E-state index contributed by atoms with van der Waals surface area (Å²) in [6.45, 7) is 2.46. The van der Waals surface area contributed by atoms with E-state index >= 15 is 0 Å². The third kappa shape index (κ3) is 6.18. The van der Waals surface area contributed by atoms with Crippen LogP contribution in [0.4, 0.5) is 11.4 Å². The molecule has 0 bridgehead atoms. The van der Waals surface area contributed by atoms with Crippen LogP contribution in [0.1, 0.15) is 33.9 Å². The molecule has 1 aromatic heterocycles. The number of carbonyl (C=O) groups excluding carboxylic acids is 2. The minimum absolute atomic E-state index is 0.102. The topological polar surface area (TPSA) is 129 Å². The van der Waals surface area contributed by atoms with Gasteiger partial charge in [-0.1, -0.05) is 36.4 Å². The number of nitrogens with zero attached hydrogens (tertiary/aromatic N) is 3. The lowest BCUT2D eigenvalue weighted by molar-refractivity contribution is -0.137. The van der Waals surface area contributed by atoms with Crippen molar-refractivity contribution in [1.29, 1.82) is 0 Å². The van der Waals surface area contributed by atoms with Crippen LogP contribution >= 0.6 is 0 Å². The first-order valence-corrected chi connectivity index (χ1v) is 11.8. The molecule has 36 heavy (non-hydrogen) atoms. The molecule has 1 aliphatic rings. The van der Waals surface area contributed by atoms with Crippen LogP contribution in [0.3, 0.4) is 0 Å². The number of aliphatic carboxylic acids is 1. The molecule has 0 saturated carbocycles. The van der Waals surface area contributed by atoms with Crippen molar-refractivity contribution in [2.24, 2.45) is 0 Å². The maximum Gasteiger partial charge on any atom is 0.305 e. The van der Waals surface area contributed by atoms with Crippen molar-refractivity contribution < 1.29 is 19.5 Å². The molecule has 1 fully saturated rings. The highest BCUT2D eigenvalue weighted by atomic mass is 16.4. The summed E-state index contributed by atoms with van der Waals surface area (Å²) in [7, 11) is 0. The van der Waals surface area contributed by atoms with Crippen LogP contribution in [0, 0.1) is 0 Å². The molecule has 0 aliphatic carbocycles. The summed E-state index contributed by atoms with van der Waals surface area (Å²) in [5, 5.41) is 12.0. The number of hydrogen-bond donors (Lipinski definition) is 3. The third-order valence-electron chi connectivity index (χ3n) is 6.23. The minimum Gasteiger partial charge on any atom is -0.481 e. The zero-order valence-electron chi connectivity index (χ0n) is 19.8. The minimum atomic E-state index is -1.03. The average molecular weight is 488 g/mol. The van der Waals surface area contributed by atoms with Crippen LogP contribution in [-0.4, -0.2) is 59.0 Å². The Morgan fingerprint density at radius 3 is 2.39 bits per heavy atom. The van der Waals surface area contributed by atoms with E-state index < -0.39 is 17.9 Å². The van der Waals surface area contributed by atoms with Crippen LogP contribution in [0.2, 0.25) is 0 Å². The fraction of sp³-hybridized carbons (Fsp3) is 0.259. The lowest BCUT2D eigenvalue weighted by Crippen LogP contribution is -2.49. The number of carboxylic acid groups (broad SMARTS) is 1. The first-order chi connectivity index (χ1) is 17.4. The van der Waals surface area contributed by atoms with Crippen LogP contribution in [0.5, 0.6) is 0 Å². The fourth-order valence-electron chi connectivity index (χ4n) is 4.31. The predicted molar refractivity (Wildman–Crippen MR) is 136 cm³/mol. The summed E-state index contributed by atoms with van der Waals surface area (Å²) in [6, 6.07) is 17.5. The molecule has 0 radical (unpaired) electrons. The van der Waals surface area contributed by atoms with Gasteiger partial charge in [0.1, 0.15) is 0 Å². The molecule has 1 unspecified atom stereocenters. The molecule has 3 aromatic rings. The number of amides is 2. The van der Waals surface area contributed by atoms with Gasteiger partial charge in [-0.2, -0.15) is 0 Å². The van der Waals surface area contributed by atoms with Gasteiger partial charge in [-0.05, 0) is 35.4 Å². The number of nitrogens with one attached hydrogen (secondary N) is 1. The van der Waals surface area contributed by atoms with Gasteiger partial charge in [0.2, 0.25) is 5.91 Å². The van der Waals surface area contributed by atoms with E-state index in [4.69, 9.17) is 5.73 Å². The molecular weight excluding hydrogens is 458 g/mol. The SMILES string of the molecule is Nc1cc(C(=O)NC(CC(=O)O)c2cccnc2)ccc1N1CCN(C(=O)Cc2ccccc2)CC1. The van der Waals surface area contributed by atoms with Crippen LogP contribution < -0.4 is 16.0 Å². The number of nitrogens with two attached hydrogens (primary N) is 1. The van der Waals surface area contributed by atoms with E-state index in [-0.39, 0.29) is 12.3 Å². The Kier molecular flexibility index (Phi) is 7.79. The Morgan fingerprint density at radius 2 is 1.75 bits per heavy atom. The molecule has 4 rings (SSSR count). The van der Waals surface area contributed by atoms with Gasteiger partial charge < -0.3 is 26.0 Å². The highest BCUT2D eigenvalue weighted by molar-refractivity contribution is 5.96. The van der Waals surface area contributed by atoms with Crippen molar-refractivity contribution >= 4 is 29.2 Å². The zero-order chi connectivity index (χ0) is 25.5. The number of rotatable bonds is 8. The number of hydrogen-bond acceptors (Lipinski definition) is 6. The van der Waals surface area contributed by atoms with Crippen LogP contribution in [0.25, 0.3) is 0 Å². The smallest absolute Gasteiger partial charge is 0.305 e. The van der Waals surface area contributed by atoms with Crippen LogP contribution in [0.15, 0.2) is 73.1 Å². The summed E-state index contributed by atoms with van der Waals surface area (Å²) in [5.74, 6) is -1.34. The highest BCUT2D eigenvalue weighted by Crippen LogP contribution is 2.26. The van der Waals surface area contributed by atoms with Gasteiger partial charge in [0.05, 0.1) is 30.3 Å². The van der Waals surface area contributed by atoms with Gasteiger partial charge in [0.15, 0.2) is 0 Å². The van der Waals surface area contributed by atoms with Gasteiger partial charge in [-0.15, -0.1) is 0 Å². The molecule has 9 heteroatoms. The zero-order valence-corrected chi connectivity index (χ0v) is 19.8. The quantitative estimate of drug-likeness (QED) is 0.416. The molecule has 1 aliphatic heterocycles. The molecule has 4 N–H and O–H groups in total. The molecule has 2 aromatic carbocycles. The van der Waals surface area contributed by atoms with Crippen molar-refractivity contribution in [3.63, 3.8) is 0 Å². The number of piperazine rings is 1. The van der Waals surface area contributed by atoms with Crippen molar-refractivity contribution in [1.82, 2.24) is 15.2 Å². The summed E-state index contributed by atoms with van der Waals surface area (Å²) in [4.78, 5) is 44.8.